The van der Waals surface area contributed by atoms with E-state index in [2.05, 4.69) is 4.98 Å². The molecule has 0 spiro atoms. The molecule has 0 unspecified atom stereocenters. The SMILES string of the molecule is Cc1nc2cc(C(N)=O)ccc2n1Cc1ccc(P(=O)(O)O)cc1. The average Bonchev–Trinajstić information content (AvgIpc) is 2.82. The van der Waals surface area contributed by atoms with E-state index in [1.165, 1.54) is 12.1 Å². The molecule has 1 aromatic heterocycles. The van der Waals surface area contributed by atoms with Crippen molar-refractivity contribution >= 4 is 29.8 Å². The van der Waals surface area contributed by atoms with Gasteiger partial charge < -0.3 is 20.1 Å². The summed E-state index contributed by atoms with van der Waals surface area (Å²) in [5, 5.41) is -0.00967. The third-order valence-corrected chi connectivity index (χ3v) is 4.81. The summed E-state index contributed by atoms with van der Waals surface area (Å²) in [6.07, 6.45) is 0. The van der Waals surface area contributed by atoms with Crippen molar-refractivity contribution in [3.8, 4) is 0 Å². The molecule has 0 bridgehead atoms. The Morgan fingerprint density at radius 3 is 2.46 bits per heavy atom. The number of rotatable bonds is 4. The van der Waals surface area contributed by atoms with Crippen molar-refractivity contribution in [2.75, 3.05) is 0 Å². The molecule has 2 aromatic carbocycles. The molecule has 0 atom stereocenters. The monoisotopic (exact) mass is 345 g/mol. The molecule has 0 saturated carbocycles. The number of benzene rings is 2. The van der Waals surface area contributed by atoms with Crippen molar-refractivity contribution in [1.29, 1.82) is 0 Å². The number of aryl methyl sites for hydroxylation is 1. The number of aromatic nitrogens is 2. The summed E-state index contributed by atoms with van der Waals surface area (Å²) in [6.45, 7) is 2.35. The van der Waals surface area contributed by atoms with E-state index >= 15 is 0 Å². The number of fused-ring (bicyclic) bond motifs is 1. The van der Waals surface area contributed by atoms with E-state index in [0.29, 0.717) is 17.6 Å². The molecule has 0 fully saturated rings. The number of nitrogens with two attached hydrogens (primary N) is 1. The molecule has 4 N–H and O–H groups in total. The highest BCUT2D eigenvalue weighted by atomic mass is 31.2. The van der Waals surface area contributed by atoms with E-state index in [1.54, 1.807) is 30.3 Å². The van der Waals surface area contributed by atoms with E-state index in [0.717, 1.165) is 16.9 Å². The van der Waals surface area contributed by atoms with Gasteiger partial charge in [0.1, 0.15) is 5.82 Å². The average molecular weight is 345 g/mol. The molecular formula is C16H16N3O4P. The van der Waals surface area contributed by atoms with Crippen molar-refractivity contribution in [2.24, 2.45) is 5.73 Å². The van der Waals surface area contributed by atoms with Crippen molar-refractivity contribution < 1.29 is 19.1 Å². The third kappa shape index (κ3) is 3.10. The van der Waals surface area contributed by atoms with E-state index in [9.17, 15) is 9.36 Å². The molecule has 0 aliphatic heterocycles. The quantitative estimate of drug-likeness (QED) is 0.616. The van der Waals surface area contributed by atoms with Gasteiger partial charge in [-0.2, -0.15) is 0 Å². The number of nitrogens with zero attached hydrogens (tertiary/aromatic N) is 2. The summed E-state index contributed by atoms with van der Waals surface area (Å²) in [5.41, 5.74) is 8.10. The maximum atomic E-state index is 11.3. The number of primary amides is 1. The Bertz CT molecular complexity index is 973. The van der Waals surface area contributed by atoms with Crippen LogP contribution >= 0.6 is 7.60 Å². The summed E-state index contributed by atoms with van der Waals surface area (Å²) in [7, 11) is -4.24. The van der Waals surface area contributed by atoms with Gasteiger partial charge >= 0.3 is 7.60 Å². The van der Waals surface area contributed by atoms with E-state index < -0.39 is 13.5 Å². The highest BCUT2D eigenvalue weighted by Gasteiger charge is 2.16. The molecule has 124 valence electrons. The summed E-state index contributed by atoms with van der Waals surface area (Å²) < 4.78 is 13.2. The zero-order valence-electron chi connectivity index (χ0n) is 12.9. The van der Waals surface area contributed by atoms with E-state index in [4.69, 9.17) is 15.5 Å². The molecular weight excluding hydrogens is 329 g/mol. The first kappa shape index (κ1) is 16.4. The van der Waals surface area contributed by atoms with Crippen LogP contribution in [0.2, 0.25) is 0 Å². The lowest BCUT2D eigenvalue weighted by Crippen LogP contribution is -2.10. The number of hydrogen-bond acceptors (Lipinski definition) is 3. The van der Waals surface area contributed by atoms with Crippen LogP contribution in [-0.4, -0.2) is 25.2 Å². The van der Waals surface area contributed by atoms with Gasteiger partial charge in [-0.1, -0.05) is 12.1 Å². The van der Waals surface area contributed by atoms with Crippen LogP contribution in [0.15, 0.2) is 42.5 Å². The molecule has 3 aromatic rings. The Hall–Kier alpha value is -2.47. The van der Waals surface area contributed by atoms with Crippen LogP contribution in [0.3, 0.4) is 0 Å². The van der Waals surface area contributed by atoms with Gasteiger partial charge in [-0.05, 0) is 42.8 Å². The normalized spacial score (nSPS) is 11.8. The minimum Gasteiger partial charge on any atom is -0.366 e. The van der Waals surface area contributed by atoms with Gasteiger partial charge in [0.05, 0.1) is 16.3 Å². The van der Waals surface area contributed by atoms with E-state index in [-0.39, 0.29) is 5.30 Å². The molecule has 8 heteroatoms. The van der Waals surface area contributed by atoms with Gasteiger partial charge in [0.15, 0.2) is 0 Å². The first-order valence-corrected chi connectivity index (χ1v) is 8.78. The van der Waals surface area contributed by atoms with Crippen molar-refractivity contribution in [2.45, 2.75) is 13.5 Å². The number of carbonyl (C=O) groups excluding carboxylic acids is 1. The fourth-order valence-electron chi connectivity index (χ4n) is 2.58. The lowest BCUT2D eigenvalue weighted by Gasteiger charge is -2.09. The molecule has 3 rings (SSSR count). The van der Waals surface area contributed by atoms with Gasteiger partial charge in [-0.25, -0.2) is 4.98 Å². The predicted molar refractivity (Wildman–Crippen MR) is 90.2 cm³/mol. The fourth-order valence-corrected chi connectivity index (χ4v) is 3.12. The number of carbonyl (C=O) groups is 1. The molecule has 7 nitrogen and oxygen atoms in total. The minimum absolute atomic E-state index is 0.00967. The zero-order valence-corrected chi connectivity index (χ0v) is 13.8. The summed E-state index contributed by atoms with van der Waals surface area (Å²) >= 11 is 0. The van der Waals surface area contributed by atoms with E-state index in [1.807, 2.05) is 11.5 Å². The summed E-state index contributed by atoms with van der Waals surface area (Å²) in [6, 6.07) is 11.3. The van der Waals surface area contributed by atoms with Crippen LogP contribution in [0.25, 0.3) is 11.0 Å². The van der Waals surface area contributed by atoms with Gasteiger partial charge in [-0.3, -0.25) is 9.36 Å². The molecule has 1 amide bonds. The summed E-state index contributed by atoms with van der Waals surface area (Å²) in [4.78, 5) is 34.0. The Kier molecular flexibility index (Phi) is 4.01. The van der Waals surface area contributed by atoms with Gasteiger partial charge in [0.2, 0.25) is 5.91 Å². The van der Waals surface area contributed by atoms with Crippen LogP contribution in [0.5, 0.6) is 0 Å². The molecule has 0 radical (unpaired) electrons. The van der Waals surface area contributed by atoms with Crippen LogP contribution in [-0.2, 0) is 11.1 Å². The van der Waals surface area contributed by atoms with Crippen molar-refractivity contribution in [1.82, 2.24) is 9.55 Å². The molecule has 0 saturated heterocycles. The van der Waals surface area contributed by atoms with Crippen LogP contribution in [0.4, 0.5) is 0 Å². The number of hydrogen-bond donors (Lipinski definition) is 3. The molecule has 24 heavy (non-hydrogen) atoms. The highest BCUT2D eigenvalue weighted by Crippen LogP contribution is 2.32. The third-order valence-electron chi connectivity index (χ3n) is 3.84. The zero-order chi connectivity index (χ0) is 17.5. The van der Waals surface area contributed by atoms with Gasteiger partial charge in [0.25, 0.3) is 0 Å². The molecule has 0 aliphatic rings. The van der Waals surface area contributed by atoms with Crippen molar-refractivity contribution in [3.05, 3.63) is 59.4 Å². The first-order chi connectivity index (χ1) is 11.3. The Labute approximate surface area is 137 Å². The lowest BCUT2D eigenvalue weighted by atomic mass is 10.2. The number of imidazole rings is 1. The second kappa shape index (κ2) is 5.87. The Morgan fingerprint density at radius 1 is 1.21 bits per heavy atom. The first-order valence-electron chi connectivity index (χ1n) is 7.17. The summed E-state index contributed by atoms with van der Waals surface area (Å²) in [5.74, 6) is 0.266. The number of amides is 1. The minimum atomic E-state index is -4.24. The van der Waals surface area contributed by atoms with Crippen LogP contribution in [0, 0.1) is 6.92 Å². The second-order valence-corrected chi connectivity index (χ2v) is 7.13. The van der Waals surface area contributed by atoms with Gasteiger partial charge in [0, 0.05) is 12.1 Å². The predicted octanol–water partition coefficient (Wildman–Crippen LogP) is 1.29. The molecule has 1 heterocycles. The Balaban J connectivity index is 1.96. The van der Waals surface area contributed by atoms with Gasteiger partial charge in [-0.15, -0.1) is 0 Å². The standard InChI is InChI=1S/C16H16N3O4P/c1-10-18-14-8-12(16(17)20)4-7-15(14)19(10)9-11-2-5-13(6-3-11)24(21,22)23/h2-8H,9H2,1H3,(H2,17,20)(H2,21,22,23). The maximum Gasteiger partial charge on any atom is 0.356 e. The molecule has 0 aliphatic carbocycles. The maximum absolute atomic E-state index is 11.3. The highest BCUT2D eigenvalue weighted by molar-refractivity contribution is 7.60. The Morgan fingerprint density at radius 2 is 1.88 bits per heavy atom. The lowest BCUT2D eigenvalue weighted by molar-refractivity contribution is 0.100. The largest absolute Gasteiger partial charge is 0.366 e. The van der Waals surface area contributed by atoms with Crippen LogP contribution in [0.1, 0.15) is 21.7 Å². The smallest absolute Gasteiger partial charge is 0.356 e. The van der Waals surface area contributed by atoms with Crippen molar-refractivity contribution in [3.63, 3.8) is 0 Å². The van der Waals surface area contributed by atoms with Crippen LogP contribution < -0.4 is 11.0 Å². The fraction of sp³-hybridized carbons (Fsp3) is 0.125. The topological polar surface area (TPSA) is 118 Å². The second-order valence-electron chi connectivity index (χ2n) is 5.52.